The van der Waals surface area contributed by atoms with Gasteiger partial charge in [0.05, 0.1) is 11.0 Å². The molecule has 1 aromatic rings. The zero-order chi connectivity index (χ0) is 18.6. The van der Waals surface area contributed by atoms with Crippen LogP contribution in [0.2, 0.25) is 0 Å². The van der Waals surface area contributed by atoms with Gasteiger partial charge in [-0.2, -0.15) is 0 Å². The van der Waals surface area contributed by atoms with Crippen LogP contribution >= 0.6 is 12.4 Å². The van der Waals surface area contributed by atoms with Crippen LogP contribution < -0.4 is 11.1 Å². The molecule has 144 valence electrons. The smallest absolute Gasteiger partial charge is 0.269 e. The topological polar surface area (TPSA) is 119 Å². The second kappa shape index (κ2) is 9.49. The van der Waals surface area contributed by atoms with Gasteiger partial charge in [-0.15, -0.1) is 12.4 Å². The lowest BCUT2D eigenvalue weighted by molar-refractivity contribution is -0.384. The van der Waals surface area contributed by atoms with E-state index in [9.17, 15) is 19.7 Å². The average molecular weight is 385 g/mol. The Balaban J connectivity index is 0.00000338. The van der Waals surface area contributed by atoms with Gasteiger partial charge in [0.2, 0.25) is 11.8 Å². The first-order chi connectivity index (χ1) is 11.8. The summed E-state index contributed by atoms with van der Waals surface area (Å²) in [6.45, 7) is 4.51. The van der Waals surface area contributed by atoms with E-state index in [1.54, 1.807) is 4.90 Å². The minimum absolute atomic E-state index is 0. The Morgan fingerprint density at radius 2 is 1.96 bits per heavy atom. The Bertz CT molecular complexity index is 651. The van der Waals surface area contributed by atoms with Crippen molar-refractivity contribution in [2.45, 2.75) is 45.2 Å². The molecule has 9 heteroatoms. The van der Waals surface area contributed by atoms with Crippen LogP contribution in [0.25, 0.3) is 0 Å². The molecule has 0 saturated carbocycles. The molecule has 0 bridgehead atoms. The van der Waals surface area contributed by atoms with Crippen LogP contribution in [0.5, 0.6) is 0 Å². The number of benzene rings is 1. The number of halogens is 1. The highest BCUT2D eigenvalue weighted by Crippen LogP contribution is 2.22. The fraction of sp³-hybridized carbons (Fsp3) is 0.529. The first-order valence-electron chi connectivity index (χ1n) is 8.41. The number of nitrogens with zero attached hydrogens (tertiary/aromatic N) is 2. The molecule has 1 saturated heterocycles. The van der Waals surface area contributed by atoms with E-state index in [4.69, 9.17) is 5.73 Å². The van der Waals surface area contributed by atoms with Gasteiger partial charge in [-0.05, 0) is 37.3 Å². The molecule has 1 fully saturated rings. The van der Waals surface area contributed by atoms with Crippen molar-refractivity contribution in [1.82, 2.24) is 4.90 Å². The van der Waals surface area contributed by atoms with Gasteiger partial charge in [-0.25, -0.2) is 0 Å². The third-order valence-corrected chi connectivity index (χ3v) is 4.23. The Kier molecular flexibility index (Phi) is 7.98. The summed E-state index contributed by atoms with van der Waals surface area (Å²) in [6.07, 6.45) is 1.91. The molecule has 0 aromatic heterocycles. The molecule has 0 unspecified atom stereocenters. The number of hydrogen-bond acceptors (Lipinski definition) is 5. The molecule has 0 radical (unpaired) electrons. The van der Waals surface area contributed by atoms with Gasteiger partial charge in [0.25, 0.3) is 5.69 Å². The van der Waals surface area contributed by atoms with E-state index in [2.05, 4.69) is 5.32 Å². The standard InChI is InChI=1S/C17H24N4O4.ClH/c1-11(2)10-14(18)17(23)20-9-3-4-15(20)16(22)19-12-5-7-13(8-6-12)21(24)25;/h5-8,11,14-15H,3-4,9-10,18H2,1-2H3,(H,19,22);1H/t14-,15-;/m0./s1. The van der Waals surface area contributed by atoms with Crippen LogP contribution in [0.15, 0.2) is 24.3 Å². The van der Waals surface area contributed by atoms with Crippen molar-refractivity contribution in [3.63, 3.8) is 0 Å². The Labute approximate surface area is 158 Å². The first kappa shape index (κ1) is 21.9. The zero-order valence-electron chi connectivity index (χ0n) is 14.9. The Morgan fingerprint density at radius 1 is 1.35 bits per heavy atom. The SMILES string of the molecule is CC(C)C[C@H](N)C(=O)N1CCC[C@H]1C(=O)Nc1ccc([N+](=O)[O-])cc1.Cl. The van der Waals surface area contributed by atoms with E-state index in [-0.39, 0.29) is 29.9 Å². The lowest BCUT2D eigenvalue weighted by Gasteiger charge is -2.27. The summed E-state index contributed by atoms with van der Waals surface area (Å²) in [5.74, 6) is -0.194. The summed E-state index contributed by atoms with van der Waals surface area (Å²) in [7, 11) is 0. The largest absolute Gasteiger partial charge is 0.329 e. The Hall–Kier alpha value is -2.19. The number of nitrogens with two attached hydrogens (primary N) is 1. The van der Waals surface area contributed by atoms with Crippen molar-refractivity contribution in [3.05, 3.63) is 34.4 Å². The molecule has 1 heterocycles. The third-order valence-electron chi connectivity index (χ3n) is 4.23. The van der Waals surface area contributed by atoms with Crippen LogP contribution in [0.1, 0.15) is 33.1 Å². The molecular weight excluding hydrogens is 360 g/mol. The maximum absolute atomic E-state index is 12.5. The minimum atomic E-state index is -0.604. The van der Waals surface area contributed by atoms with Gasteiger partial charge in [-0.3, -0.25) is 19.7 Å². The van der Waals surface area contributed by atoms with Crippen molar-refractivity contribution in [3.8, 4) is 0 Å². The number of likely N-dealkylation sites (tertiary alicyclic amines) is 1. The highest BCUT2D eigenvalue weighted by atomic mass is 35.5. The average Bonchev–Trinajstić information content (AvgIpc) is 3.03. The highest BCUT2D eigenvalue weighted by molar-refractivity contribution is 5.98. The van der Waals surface area contributed by atoms with Crippen LogP contribution in [0, 0.1) is 16.0 Å². The number of hydrogen-bond donors (Lipinski definition) is 2. The fourth-order valence-electron chi connectivity index (χ4n) is 3.02. The van der Waals surface area contributed by atoms with Crippen LogP contribution in [0.3, 0.4) is 0 Å². The predicted octanol–water partition coefficient (Wildman–Crippen LogP) is 2.32. The highest BCUT2D eigenvalue weighted by Gasteiger charge is 2.36. The van der Waals surface area contributed by atoms with E-state index in [0.29, 0.717) is 31.0 Å². The molecule has 26 heavy (non-hydrogen) atoms. The van der Waals surface area contributed by atoms with Crippen molar-refractivity contribution in [2.75, 3.05) is 11.9 Å². The number of nitro benzene ring substituents is 1. The van der Waals surface area contributed by atoms with E-state index in [1.165, 1.54) is 24.3 Å². The predicted molar refractivity (Wildman–Crippen MR) is 101 cm³/mol. The van der Waals surface area contributed by atoms with Gasteiger partial charge < -0.3 is 16.0 Å². The van der Waals surface area contributed by atoms with E-state index in [0.717, 1.165) is 6.42 Å². The lowest BCUT2D eigenvalue weighted by Crippen LogP contribution is -2.50. The molecule has 0 aliphatic carbocycles. The number of rotatable bonds is 6. The molecule has 8 nitrogen and oxygen atoms in total. The van der Waals surface area contributed by atoms with Gasteiger partial charge >= 0.3 is 0 Å². The van der Waals surface area contributed by atoms with Crippen LogP contribution in [-0.4, -0.2) is 40.3 Å². The van der Waals surface area contributed by atoms with E-state index >= 15 is 0 Å². The van der Waals surface area contributed by atoms with Crippen molar-refractivity contribution >= 4 is 35.6 Å². The van der Waals surface area contributed by atoms with Gasteiger partial charge in [0.1, 0.15) is 6.04 Å². The van der Waals surface area contributed by atoms with Crippen molar-refractivity contribution < 1.29 is 14.5 Å². The van der Waals surface area contributed by atoms with Crippen LogP contribution in [0.4, 0.5) is 11.4 Å². The van der Waals surface area contributed by atoms with Gasteiger partial charge in [0, 0.05) is 24.4 Å². The quantitative estimate of drug-likeness (QED) is 0.576. The lowest BCUT2D eigenvalue weighted by atomic mass is 10.0. The normalized spacial score (nSPS) is 17.5. The van der Waals surface area contributed by atoms with Gasteiger partial charge in [-0.1, -0.05) is 13.8 Å². The number of nitro groups is 1. The summed E-state index contributed by atoms with van der Waals surface area (Å²) in [6, 6.07) is 4.44. The summed E-state index contributed by atoms with van der Waals surface area (Å²) in [5.41, 5.74) is 6.38. The number of amides is 2. The maximum atomic E-state index is 12.5. The summed E-state index contributed by atoms with van der Waals surface area (Å²) in [5, 5.41) is 13.4. The molecule has 2 atom stereocenters. The maximum Gasteiger partial charge on any atom is 0.269 e. The number of anilines is 1. The van der Waals surface area contributed by atoms with Crippen molar-refractivity contribution in [2.24, 2.45) is 11.7 Å². The number of carbonyl (C=O) groups excluding carboxylic acids is 2. The van der Waals surface area contributed by atoms with E-state index < -0.39 is 17.0 Å². The zero-order valence-corrected chi connectivity index (χ0v) is 15.7. The molecule has 2 amide bonds. The number of non-ortho nitro benzene ring substituents is 1. The second-order valence-corrected chi connectivity index (χ2v) is 6.72. The summed E-state index contributed by atoms with van der Waals surface area (Å²) >= 11 is 0. The summed E-state index contributed by atoms with van der Waals surface area (Å²) in [4.78, 5) is 36.7. The molecular formula is C17H25ClN4O4. The van der Waals surface area contributed by atoms with E-state index in [1.807, 2.05) is 13.8 Å². The number of carbonyl (C=O) groups is 2. The molecule has 1 aliphatic heterocycles. The summed E-state index contributed by atoms with van der Waals surface area (Å²) < 4.78 is 0. The van der Waals surface area contributed by atoms with Gasteiger partial charge in [0.15, 0.2) is 0 Å². The molecule has 1 aromatic carbocycles. The third kappa shape index (κ3) is 5.40. The molecule has 0 spiro atoms. The molecule has 2 rings (SSSR count). The first-order valence-corrected chi connectivity index (χ1v) is 8.41. The number of nitrogens with one attached hydrogen (secondary N) is 1. The second-order valence-electron chi connectivity index (χ2n) is 6.72. The fourth-order valence-corrected chi connectivity index (χ4v) is 3.02. The van der Waals surface area contributed by atoms with Crippen LogP contribution in [-0.2, 0) is 9.59 Å². The monoisotopic (exact) mass is 384 g/mol. The molecule has 1 aliphatic rings. The Morgan fingerprint density at radius 3 is 2.50 bits per heavy atom. The molecule has 3 N–H and O–H groups in total. The van der Waals surface area contributed by atoms with Crippen molar-refractivity contribution in [1.29, 1.82) is 0 Å². The minimum Gasteiger partial charge on any atom is -0.329 e.